The summed E-state index contributed by atoms with van der Waals surface area (Å²) in [5.74, 6) is 1.82. The lowest BCUT2D eigenvalue weighted by Gasteiger charge is -2.34. The van der Waals surface area contributed by atoms with Crippen molar-refractivity contribution in [2.75, 3.05) is 78.0 Å². The number of unbranched alkanes of at least 4 members (excludes halogenated alkanes) is 2. The second-order valence-electron chi connectivity index (χ2n) is 18.6. The Bertz CT molecular complexity index is 2250. The zero-order chi connectivity index (χ0) is 46.9. The molecule has 6 rings (SSSR count). The fraction of sp³-hybridized carbons (Fsp3) is 0.558. The molecule has 0 saturated carbocycles. The quantitative estimate of drug-likeness (QED) is 0.0443. The molecular weight excluding hydrogens is 829 g/mol. The molecule has 66 heavy (non-hydrogen) atoms. The van der Waals surface area contributed by atoms with Gasteiger partial charge in [0.05, 0.1) is 35.5 Å². The summed E-state index contributed by atoms with van der Waals surface area (Å²) >= 11 is 0. The number of aromatic nitrogens is 5. The fourth-order valence-electron chi connectivity index (χ4n) is 8.52. The number of likely N-dealkylation sites (N-methyl/N-ethyl adjacent to an activating group) is 2. The van der Waals surface area contributed by atoms with E-state index in [1.54, 1.807) is 4.68 Å². The Morgan fingerprint density at radius 1 is 0.833 bits per heavy atom. The Kier molecular flexibility index (Phi) is 19.0. The highest BCUT2D eigenvalue weighted by molar-refractivity contribution is 5.85. The SMILES string of the molecule is CCCCc1cc(-c2nc3ccc(-c4ccc(N5CCN(C)CC5)cc4)cc3[nH]2)cc(CCCC)c1OCCCC(=O)NCCCn1cc(CN(C)CC(=O)NCCC(C)(C)OCC)nn1. The lowest BCUT2D eigenvalue weighted by atomic mass is 9.96. The lowest BCUT2D eigenvalue weighted by Crippen LogP contribution is -2.44. The number of hydrogen-bond donors (Lipinski definition) is 3. The third kappa shape index (κ3) is 15.1. The number of ether oxygens (including phenoxy) is 2. The van der Waals surface area contributed by atoms with Crippen LogP contribution in [0.15, 0.2) is 60.8 Å². The van der Waals surface area contributed by atoms with Gasteiger partial charge in [-0.1, -0.05) is 50.1 Å². The minimum absolute atomic E-state index is 0.0164. The molecular formula is C52H76N10O4. The molecule has 3 N–H and O–H groups in total. The molecule has 1 fully saturated rings. The van der Waals surface area contributed by atoms with E-state index in [0.29, 0.717) is 52.2 Å². The highest BCUT2D eigenvalue weighted by Gasteiger charge is 2.20. The number of imidazole rings is 1. The summed E-state index contributed by atoms with van der Waals surface area (Å²) in [7, 11) is 4.08. The first-order valence-electron chi connectivity index (χ1n) is 24.5. The Morgan fingerprint density at radius 3 is 2.23 bits per heavy atom. The lowest BCUT2D eigenvalue weighted by molar-refractivity contribution is -0.122. The molecule has 0 unspecified atom stereocenters. The number of fused-ring (bicyclic) bond motifs is 1. The van der Waals surface area contributed by atoms with Gasteiger partial charge in [0.25, 0.3) is 0 Å². The van der Waals surface area contributed by atoms with Crippen molar-refractivity contribution in [1.29, 1.82) is 0 Å². The van der Waals surface area contributed by atoms with Crippen molar-refractivity contribution in [3.8, 4) is 28.3 Å². The monoisotopic (exact) mass is 905 g/mol. The van der Waals surface area contributed by atoms with Crippen LogP contribution in [0, 0.1) is 0 Å². The van der Waals surface area contributed by atoms with Gasteiger partial charge in [0.15, 0.2) is 0 Å². The maximum Gasteiger partial charge on any atom is 0.234 e. The third-order valence-electron chi connectivity index (χ3n) is 12.4. The van der Waals surface area contributed by atoms with E-state index in [1.165, 1.54) is 27.9 Å². The van der Waals surface area contributed by atoms with Gasteiger partial charge in [0, 0.05) is 82.8 Å². The summed E-state index contributed by atoms with van der Waals surface area (Å²) in [4.78, 5) is 40.8. The first-order chi connectivity index (χ1) is 31.9. The largest absolute Gasteiger partial charge is 0.493 e. The number of carbonyl (C=O) groups excluding carboxylic acids is 2. The van der Waals surface area contributed by atoms with Crippen LogP contribution >= 0.6 is 0 Å². The minimum Gasteiger partial charge on any atom is -0.493 e. The molecule has 358 valence electrons. The highest BCUT2D eigenvalue weighted by Crippen LogP contribution is 2.34. The van der Waals surface area contributed by atoms with Crippen molar-refractivity contribution in [3.05, 3.63) is 77.6 Å². The van der Waals surface area contributed by atoms with E-state index >= 15 is 0 Å². The fourth-order valence-corrected chi connectivity index (χ4v) is 8.52. The van der Waals surface area contributed by atoms with E-state index in [4.69, 9.17) is 14.5 Å². The van der Waals surface area contributed by atoms with Gasteiger partial charge in [-0.2, -0.15) is 0 Å². The van der Waals surface area contributed by atoms with Gasteiger partial charge in [0.2, 0.25) is 11.8 Å². The van der Waals surface area contributed by atoms with Crippen LogP contribution in [0.5, 0.6) is 5.75 Å². The average Bonchev–Trinajstić information content (AvgIpc) is 3.94. The van der Waals surface area contributed by atoms with Crippen molar-refractivity contribution in [2.45, 2.75) is 118 Å². The van der Waals surface area contributed by atoms with Gasteiger partial charge >= 0.3 is 0 Å². The molecule has 0 spiro atoms. The average molecular weight is 905 g/mol. The third-order valence-corrected chi connectivity index (χ3v) is 12.4. The van der Waals surface area contributed by atoms with Crippen LogP contribution in [0.4, 0.5) is 5.69 Å². The molecule has 1 aliphatic heterocycles. The van der Waals surface area contributed by atoms with Crippen molar-refractivity contribution >= 4 is 28.5 Å². The number of benzene rings is 3. The summed E-state index contributed by atoms with van der Waals surface area (Å²) < 4.78 is 14.1. The molecule has 5 aromatic rings. The second kappa shape index (κ2) is 25.0. The Labute approximate surface area is 393 Å². The van der Waals surface area contributed by atoms with E-state index in [2.05, 4.69) is 111 Å². The molecule has 0 bridgehead atoms. The van der Waals surface area contributed by atoms with Crippen molar-refractivity contribution < 1.29 is 19.1 Å². The molecule has 0 atom stereocenters. The van der Waals surface area contributed by atoms with E-state index in [1.807, 2.05) is 38.9 Å². The topological polar surface area (TPSA) is 146 Å². The summed E-state index contributed by atoms with van der Waals surface area (Å²) in [5.41, 5.74) is 9.63. The predicted molar refractivity (Wildman–Crippen MR) is 266 cm³/mol. The smallest absolute Gasteiger partial charge is 0.234 e. The number of amides is 2. The maximum atomic E-state index is 12.8. The molecule has 1 aliphatic rings. The Balaban J connectivity index is 0.974. The zero-order valence-corrected chi connectivity index (χ0v) is 40.9. The van der Waals surface area contributed by atoms with E-state index in [9.17, 15) is 9.59 Å². The number of hydrogen-bond acceptors (Lipinski definition) is 10. The normalized spacial score (nSPS) is 13.5. The number of aromatic amines is 1. The van der Waals surface area contributed by atoms with Gasteiger partial charge in [-0.3, -0.25) is 19.2 Å². The molecule has 2 aromatic heterocycles. The zero-order valence-electron chi connectivity index (χ0n) is 40.9. The van der Waals surface area contributed by atoms with Crippen LogP contribution in [0.25, 0.3) is 33.5 Å². The summed E-state index contributed by atoms with van der Waals surface area (Å²) in [6, 6.07) is 20.0. The molecule has 14 heteroatoms. The van der Waals surface area contributed by atoms with Crippen LogP contribution in [0.2, 0.25) is 0 Å². The van der Waals surface area contributed by atoms with E-state index < -0.39 is 0 Å². The maximum absolute atomic E-state index is 12.8. The summed E-state index contributed by atoms with van der Waals surface area (Å²) in [5, 5.41) is 14.6. The Hall–Kier alpha value is -5.31. The molecule has 0 aliphatic carbocycles. The van der Waals surface area contributed by atoms with E-state index in [-0.39, 0.29) is 24.0 Å². The molecule has 2 amide bonds. The molecule has 1 saturated heterocycles. The number of anilines is 1. The number of piperazine rings is 1. The molecule has 0 radical (unpaired) electrons. The Morgan fingerprint density at radius 2 is 1.53 bits per heavy atom. The standard InChI is InChI=1S/C52H76N10O4/c1-8-11-15-41-33-43(51-55-46-23-20-40(35-47(46)56-51)39-18-21-45(22-19-39)61-30-28-59(6)29-31-61)34-42(16-12-9-2)50(41)65-32-13-17-48(63)53-25-14-27-62-37-44(57-58-62)36-60(7)38-49(64)54-26-24-52(4,5)66-10-3/h18-23,33-35,37H,8-17,24-32,36,38H2,1-7H3,(H,53,63)(H,54,64)(H,55,56). The van der Waals surface area contributed by atoms with Crippen LogP contribution in [-0.4, -0.2) is 125 Å². The number of nitrogens with zero attached hydrogens (tertiary/aromatic N) is 7. The second-order valence-corrected chi connectivity index (χ2v) is 18.6. The first-order valence-corrected chi connectivity index (χ1v) is 24.5. The van der Waals surface area contributed by atoms with Crippen molar-refractivity contribution in [3.63, 3.8) is 0 Å². The van der Waals surface area contributed by atoms with Crippen molar-refractivity contribution in [2.24, 2.45) is 0 Å². The highest BCUT2D eigenvalue weighted by atomic mass is 16.5. The number of nitrogens with one attached hydrogen (secondary N) is 3. The molecule has 3 heterocycles. The predicted octanol–water partition coefficient (Wildman–Crippen LogP) is 8.04. The molecule has 14 nitrogen and oxygen atoms in total. The number of aryl methyl sites for hydroxylation is 3. The van der Waals surface area contributed by atoms with Gasteiger partial charge in [0.1, 0.15) is 11.6 Å². The summed E-state index contributed by atoms with van der Waals surface area (Å²) in [6.45, 7) is 18.4. The van der Waals surface area contributed by atoms with Crippen LogP contribution in [0.3, 0.4) is 0 Å². The first kappa shape index (κ1) is 50.1. The van der Waals surface area contributed by atoms with Gasteiger partial charge in [-0.05, 0) is 138 Å². The van der Waals surface area contributed by atoms with Crippen LogP contribution in [0.1, 0.15) is 103 Å². The van der Waals surface area contributed by atoms with Gasteiger partial charge < -0.3 is 34.9 Å². The number of carbonyl (C=O) groups is 2. The number of H-pyrrole nitrogens is 1. The van der Waals surface area contributed by atoms with Crippen molar-refractivity contribution in [1.82, 2.24) is 45.4 Å². The van der Waals surface area contributed by atoms with Crippen LogP contribution < -0.4 is 20.3 Å². The van der Waals surface area contributed by atoms with Gasteiger partial charge in [-0.25, -0.2) is 4.98 Å². The molecule has 3 aromatic carbocycles. The summed E-state index contributed by atoms with van der Waals surface area (Å²) in [6.07, 6.45) is 10.5. The van der Waals surface area contributed by atoms with Crippen LogP contribution in [-0.2, 0) is 40.3 Å². The number of rotatable bonds is 27. The van der Waals surface area contributed by atoms with Gasteiger partial charge in [-0.15, -0.1) is 5.10 Å². The van der Waals surface area contributed by atoms with E-state index in [0.717, 1.165) is 111 Å². The minimum atomic E-state index is -0.262.